The predicted octanol–water partition coefficient (Wildman–Crippen LogP) is 3.65. The molecule has 1 heterocycles. The highest BCUT2D eigenvalue weighted by atomic mass is 16.5. The quantitative estimate of drug-likeness (QED) is 0.119. The van der Waals surface area contributed by atoms with Gasteiger partial charge in [0.2, 0.25) is 65.0 Å². The van der Waals surface area contributed by atoms with Gasteiger partial charge in [0.25, 0.3) is 0 Å². The van der Waals surface area contributed by atoms with Gasteiger partial charge in [0, 0.05) is 67.1 Å². The van der Waals surface area contributed by atoms with Crippen molar-refractivity contribution >= 4 is 70.8 Å². The SMILES string of the molecule is CC[C@H](C)[C@H]1C(=O)CNC[C@@H](C)C(=O)N(C)[C@@H](CC(C)C)C(=O)N[C@@H]([C@@H](C)O)C(=O)N[C@@H](Cc2ccccc2)C(=O)N(C)[C@@H](Cc2ccccc2)C(=O)N(C)C[C@@H](CC(C)C)C(=O)N[C@@H](COC(C)(C)C)C(=O)N(C)[C@@H](CC(C)C)C(=O)N[C@@H](C)C(=O)N[C@@H](C)C(=O)N[C@H](C(C)C)C(=O)N1C. The Hall–Kier alpha value is -7.84. The summed E-state index contributed by atoms with van der Waals surface area (Å²) < 4.78 is 6.17. The number of rotatable bonds is 16. The van der Waals surface area contributed by atoms with Gasteiger partial charge >= 0.3 is 0 Å². The molecule has 1 saturated heterocycles. The smallest absolute Gasteiger partial charge is 0.247 e. The first-order valence-electron chi connectivity index (χ1n) is 35.8. The minimum Gasteiger partial charge on any atom is -0.391 e. The average molecular weight is 1420 g/mol. The highest BCUT2D eigenvalue weighted by Gasteiger charge is 2.42. The molecule has 2 aromatic carbocycles. The van der Waals surface area contributed by atoms with Crippen LogP contribution in [0.5, 0.6) is 0 Å². The van der Waals surface area contributed by atoms with Gasteiger partial charge in [0.15, 0.2) is 5.78 Å². The lowest BCUT2D eigenvalue weighted by atomic mass is 9.92. The van der Waals surface area contributed by atoms with E-state index >= 15 is 14.4 Å². The molecule has 8 N–H and O–H groups in total. The molecule has 0 radical (unpaired) electrons. The van der Waals surface area contributed by atoms with E-state index in [2.05, 4.69) is 37.2 Å². The maximum atomic E-state index is 15.4. The number of hydrogen-bond acceptors (Lipinski definition) is 15. The Balaban J connectivity index is 2.29. The standard InChI is InChI=1S/C75H122N12O14/c1-23-47(10)63-60(89)40-76-39-48(11)70(96)84(19)58(36-45(6)7)68(94)82-62(51(14)88)69(95)79-55(37-52-30-26-24-27-31-52)71(97)86(21)59(38-53-32-28-25-29-33-53)73(99)83(18)41-54(34-43(2)3)66(92)80-56(42-101-75(15,16)17)72(98)85(20)57(35-44(4)5)67(93)78-49(12)64(90)77-50(13)65(91)81-61(46(8)9)74(100)87(63)22/h24-33,43-51,54-59,61-63,76,88H,23,34-42H2,1-22H3,(H,77,90)(H,78,93)(H,79,95)(H,80,92)(H,81,91)(H,82,94)/t47-,48+,49-,50-,51+,54+,55-,56-,57-,58-,59-,61+,62-,63-/m0/s1. The molecule has 2 aromatic rings. The van der Waals surface area contributed by atoms with Gasteiger partial charge in [-0.2, -0.15) is 0 Å². The highest BCUT2D eigenvalue weighted by molar-refractivity contribution is 5.99. The van der Waals surface area contributed by atoms with E-state index in [0.717, 1.165) is 0 Å². The molecule has 1 aliphatic rings. The number of aliphatic hydroxyl groups excluding tert-OH is 1. The lowest BCUT2D eigenvalue weighted by molar-refractivity contribution is -0.148. The van der Waals surface area contributed by atoms with Gasteiger partial charge < -0.3 is 71.6 Å². The summed E-state index contributed by atoms with van der Waals surface area (Å²) in [7, 11) is 7.29. The van der Waals surface area contributed by atoms with Gasteiger partial charge in [-0.1, -0.05) is 143 Å². The fourth-order valence-electron chi connectivity index (χ4n) is 12.2. The Kier molecular flexibility index (Phi) is 35.2. The molecular weight excluding hydrogens is 1290 g/mol. The second-order valence-corrected chi connectivity index (χ2v) is 30.3. The van der Waals surface area contributed by atoms with Crippen LogP contribution in [0.1, 0.15) is 155 Å². The van der Waals surface area contributed by atoms with Gasteiger partial charge in [-0.15, -0.1) is 0 Å². The second kappa shape index (κ2) is 40.7. The van der Waals surface area contributed by atoms with Crippen LogP contribution in [-0.2, 0) is 75.1 Å². The summed E-state index contributed by atoms with van der Waals surface area (Å²) in [4.78, 5) is 182. The minimum absolute atomic E-state index is 0.0167. The molecule has 0 spiro atoms. The van der Waals surface area contributed by atoms with Crippen LogP contribution in [0, 0.1) is 41.4 Å². The number of Topliss-reactive ketones (excluding diaryl/α,β-unsaturated/α-hetero) is 1. The number of hydrogen-bond donors (Lipinski definition) is 8. The molecule has 14 atom stereocenters. The molecule has 0 saturated carbocycles. The molecular formula is C75H122N12O14. The molecule has 101 heavy (non-hydrogen) atoms. The van der Waals surface area contributed by atoms with Crippen molar-refractivity contribution in [2.24, 2.45) is 41.4 Å². The van der Waals surface area contributed by atoms with Gasteiger partial charge in [-0.25, -0.2) is 0 Å². The molecule has 0 aliphatic carbocycles. The normalized spacial score (nSPS) is 26.4. The summed E-state index contributed by atoms with van der Waals surface area (Å²) >= 11 is 0. The number of nitrogens with zero attached hydrogens (tertiary/aromatic N) is 5. The summed E-state index contributed by atoms with van der Waals surface area (Å²) in [6.07, 6.45) is -0.721. The second-order valence-electron chi connectivity index (χ2n) is 30.3. The molecule has 26 nitrogen and oxygen atoms in total. The third kappa shape index (κ3) is 27.1. The van der Waals surface area contributed by atoms with Crippen LogP contribution in [0.4, 0.5) is 0 Å². The number of aliphatic hydroxyl groups is 1. The first kappa shape index (κ1) is 87.4. The van der Waals surface area contributed by atoms with E-state index in [1.54, 1.807) is 102 Å². The highest BCUT2D eigenvalue weighted by Crippen LogP contribution is 2.23. The number of likely N-dealkylation sites (N-methyl/N-ethyl adjacent to an activating group) is 5. The van der Waals surface area contributed by atoms with Gasteiger partial charge in [-0.3, -0.25) is 57.5 Å². The molecule has 1 fully saturated rings. The molecule has 566 valence electrons. The lowest BCUT2D eigenvalue weighted by Crippen LogP contribution is -2.61. The van der Waals surface area contributed by atoms with Gasteiger partial charge in [0.05, 0.1) is 36.8 Å². The summed E-state index contributed by atoms with van der Waals surface area (Å²) in [5.74, 6) is -11.1. The summed E-state index contributed by atoms with van der Waals surface area (Å²) in [5, 5.41) is 30.9. The molecule has 0 bridgehead atoms. The zero-order chi connectivity index (χ0) is 76.7. The number of benzene rings is 2. The maximum absolute atomic E-state index is 15.4. The maximum Gasteiger partial charge on any atom is 0.247 e. The molecule has 0 aromatic heterocycles. The number of carbonyl (C=O) groups is 12. The third-order valence-corrected chi connectivity index (χ3v) is 18.4. The fraction of sp³-hybridized carbons (Fsp3) is 0.680. The van der Waals surface area contributed by atoms with Crippen LogP contribution in [0.25, 0.3) is 0 Å². The van der Waals surface area contributed by atoms with Crippen molar-refractivity contribution in [3.63, 3.8) is 0 Å². The largest absolute Gasteiger partial charge is 0.391 e. The van der Waals surface area contributed by atoms with Crippen molar-refractivity contribution in [2.45, 2.75) is 228 Å². The molecule has 0 unspecified atom stereocenters. The van der Waals surface area contributed by atoms with Crippen LogP contribution in [0.2, 0.25) is 0 Å². The van der Waals surface area contributed by atoms with Crippen LogP contribution in [-0.4, -0.2) is 234 Å². The van der Waals surface area contributed by atoms with Crippen molar-refractivity contribution in [3.8, 4) is 0 Å². The number of amides is 11. The first-order chi connectivity index (χ1) is 47.0. The number of carbonyl (C=O) groups excluding carboxylic acids is 12. The predicted molar refractivity (Wildman–Crippen MR) is 388 cm³/mol. The number of ether oxygens (including phenoxy) is 1. The number of nitrogens with one attached hydrogen (secondary N) is 7. The topological polar surface area (TPSA) is 335 Å². The first-order valence-corrected chi connectivity index (χ1v) is 35.8. The monoisotopic (exact) mass is 1410 g/mol. The van der Waals surface area contributed by atoms with Gasteiger partial charge in [0.1, 0.15) is 54.4 Å². The van der Waals surface area contributed by atoms with E-state index < -0.39 is 155 Å². The Morgan fingerprint density at radius 3 is 1.43 bits per heavy atom. The summed E-state index contributed by atoms with van der Waals surface area (Å²) in [6.45, 7) is 28.5. The van der Waals surface area contributed by atoms with Crippen molar-refractivity contribution in [3.05, 3.63) is 71.8 Å². The van der Waals surface area contributed by atoms with E-state index in [0.29, 0.717) is 17.5 Å². The zero-order valence-corrected chi connectivity index (χ0v) is 64.2. The average Bonchev–Trinajstić information content (AvgIpc) is 0.834. The molecule has 1 aliphatic heterocycles. The Labute approximate surface area is 600 Å². The van der Waals surface area contributed by atoms with E-state index in [-0.39, 0.29) is 87.8 Å². The Morgan fingerprint density at radius 1 is 0.495 bits per heavy atom. The Bertz CT molecular complexity index is 3090. The summed E-state index contributed by atoms with van der Waals surface area (Å²) in [6, 6.07) is 5.02. The Morgan fingerprint density at radius 2 is 0.941 bits per heavy atom. The van der Waals surface area contributed by atoms with Crippen molar-refractivity contribution in [1.29, 1.82) is 0 Å². The van der Waals surface area contributed by atoms with Crippen LogP contribution in [0.15, 0.2) is 60.7 Å². The van der Waals surface area contributed by atoms with Crippen LogP contribution in [0.3, 0.4) is 0 Å². The third-order valence-electron chi connectivity index (χ3n) is 18.4. The molecule has 26 heteroatoms. The number of ketones is 1. The van der Waals surface area contributed by atoms with Crippen molar-refractivity contribution in [2.75, 3.05) is 61.5 Å². The fourth-order valence-corrected chi connectivity index (χ4v) is 12.2. The van der Waals surface area contributed by atoms with E-state index in [1.165, 1.54) is 80.5 Å². The van der Waals surface area contributed by atoms with Crippen molar-refractivity contribution < 1.29 is 67.4 Å². The minimum atomic E-state index is -1.67. The molecule has 11 amide bonds. The zero-order valence-electron chi connectivity index (χ0n) is 64.2. The summed E-state index contributed by atoms with van der Waals surface area (Å²) in [5.41, 5.74) is 0.480. The van der Waals surface area contributed by atoms with Crippen LogP contribution < -0.4 is 37.2 Å². The molecule has 3 rings (SSSR count). The van der Waals surface area contributed by atoms with E-state index in [9.17, 15) is 48.3 Å². The van der Waals surface area contributed by atoms with E-state index in [1.807, 2.05) is 55.4 Å². The van der Waals surface area contributed by atoms with Crippen LogP contribution >= 0.6 is 0 Å². The lowest BCUT2D eigenvalue weighted by Gasteiger charge is -2.36. The van der Waals surface area contributed by atoms with Crippen molar-refractivity contribution in [1.82, 2.24) is 61.7 Å². The van der Waals surface area contributed by atoms with E-state index in [4.69, 9.17) is 4.74 Å². The van der Waals surface area contributed by atoms with Gasteiger partial charge in [-0.05, 0) is 102 Å².